The first-order valence-electron chi connectivity index (χ1n) is 5.53. The molecule has 0 bridgehead atoms. The summed E-state index contributed by atoms with van der Waals surface area (Å²) in [5, 5.41) is 3.36. The van der Waals surface area contributed by atoms with Crippen molar-refractivity contribution in [3.05, 3.63) is 17.6 Å². The fraction of sp³-hybridized carbons (Fsp3) is 0.667. The molecule has 3 nitrogen and oxygen atoms in total. The van der Waals surface area contributed by atoms with Gasteiger partial charge in [0.05, 0.1) is 17.6 Å². The number of aromatic nitrogens is 2. The first-order chi connectivity index (χ1) is 6.99. The Morgan fingerprint density at radius 2 is 2.07 bits per heavy atom. The molecular weight excluding hydrogens is 186 g/mol. The van der Waals surface area contributed by atoms with Gasteiger partial charge in [-0.2, -0.15) is 0 Å². The van der Waals surface area contributed by atoms with Crippen molar-refractivity contribution in [3.8, 4) is 0 Å². The third-order valence-electron chi connectivity index (χ3n) is 3.44. The van der Waals surface area contributed by atoms with Crippen LogP contribution in [0.15, 0.2) is 6.20 Å². The van der Waals surface area contributed by atoms with Crippen LogP contribution in [-0.4, -0.2) is 16.5 Å². The van der Waals surface area contributed by atoms with Crippen molar-refractivity contribution in [2.75, 3.05) is 11.9 Å². The van der Waals surface area contributed by atoms with Crippen molar-refractivity contribution in [1.82, 2.24) is 9.97 Å². The van der Waals surface area contributed by atoms with E-state index < -0.39 is 0 Å². The van der Waals surface area contributed by atoms with Gasteiger partial charge in [-0.25, -0.2) is 4.98 Å². The van der Waals surface area contributed by atoms with Gasteiger partial charge in [0.1, 0.15) is 5.82 Å². The molecule has 1 saturated carbocycles. The lowest BCUT2D eigenvalue weighted by Crippen LogP contribution is -2.09. The second kappa shape index (κ2) is 3.47. The Morgan fingerprint density at radius 3 is 2.60 bits per heavy atom. The van der Waals surface area contributed by atoms with E-state index in [-0.39, 0.29) is 0 Å². The topological polar surface area (TPSA) is 37.8 Å². The van der Waals surface area contributed by atoms with Gasteiger partial charge in [0.15, 0.2) is 0 Å². The summed E-state index contributed by atoms with van der Waals surface area (Å²) in [6, 6.07) is 0. The van der Waals surface area contributed by atoms with Gasteiger partial charge in [0.25, 0.3) is 0 Å². The van der Waals surface area contributed by atoms with E-state index in [2.05, 4.69) is 29.1 Å². The van der Waals surface area contributed by atoms with E-state index in [1.54, 1.807) is 0 Å². The minimum Gasteiger partial charge on any atom is -0.368 e. The minimum absolute atomic E-state index is 0.528. The quantitative estimate of drug-likeness (QED) is 0.824. The molecule has 1 aromatic heterocycles. The largest absolute Gasteiger partial charge is 0.368 e. The van der Waals surface area contributed by atoms with Gasteiger partial charge >= 0.3 is 0 Å². The van der Waals surface area contributed by atoms with Crippen LogP contribution in [0.2, 0.25) is 0 Å². The standard InChI is InChI=1S/C12H19N3/c1-8-9(2)15-11(7-13-8)14-6-10-5-12(10,3)4/h7,10H,5-6H2,1-4H3,(H,14,15). The second-order valence-corrected chi connectivity index (χ2v) is 5.20. The number of rotatable bonds is 3. The molecule has 1 aliphatic carbocycles. The summed E-state index contributed by atoms with van der Waals surface area (Å²) in [6.45, 7) is 9.62. The Hall–Kier alpha value is -1.12. The third kappa shape index (κ3) is 2.28. The van der Waals surface area contributed by atoms with Crippen molar-refractivity contribution in [2.45, 2.75) is 34.1 Å². The van der Waals surface area contributed by atoms with Crippen LogP contribution in [0.3, 0.4) is 0 Å². The van der Waals surface area contributed by atoms with Gasteiger partial charge in [-0.05, 0) is 31.6 Å². The molecular formula is C12H19N3. The molecule has 1 heterocycles. The van der Waals surface area contributed by atoms with E-state index >= 15 is 0 Å². The number of nitrogens with one attached hydrogen (secondary N) is 1. The van der Waals surface area contributed by atoms with Crippen LogP contribution in [0.4, 0.5) is 5.82 Å². The Kier molecular flexibility index (Phi) is 2.41. The zero-order valence-electron chi connectivity index (χ0n) is 9.96. The molecule has 1 atom stereocenters. The van der Waals surface area contributed by atoms with Gasteiger partial charge in [-0.1, -0.05) is 13.8 Å². The second-order valence-electron chi connectivity index (χ2n) is 5.20. The van der Waals surface area contributed by atoms with Crippen molar-refractivity contribution < 1.29 is 0 Å². The van der Waals surface area contributed by atoms with E-state index in [4.69, 9.17) is 0 Å². The number of anilines is 1. The summed E-state index contributed by atoms with van der Waals surface area (Å²) in [5.41, 5.74) is 2.54. The molecule has 3 heteroatoms. The van der Waals surface area contributed by atoms with Crippen LogP contribution in [-0.2, 0) is 0 Å². The lowest BCUT2D eigenvalue weighted by Gasteiger charge is -2.07. The molecule has 0 aliphatic heterocycles. The Labute approximate surface area is 91.3 Å². The van der Waals surface area contributed by atoms with Gasteiger partial charge in [-0.3, -0.25) is 4.98 Å². The van der Waals surface area contributed by atoms with Crippen LogP contribution in [0.1, 0.15) is 31.7 Å². The summed E-state index contributed by atoms with van der Waals surface area (Å²) in [6.07, 6.45) is 3.13. The average molecular weight is 205 g/mol. The van der Waals surface area contributed by atoms with Gasteiger partial charge in [0, 0.05) is 6.54 Å². The molecule has 1 unspecified atom stereocenters. The number of aryl methyl sites for hydroxylation is 2. The Balaban J connectivity index is 1.92. The maximum Gasteiger partial charge on any atom is 0.144 e. The maximum absolute atomic E-state index is 4.45. The Morgan fingerprint density at radius 1 is 1.40 bits per heavy atom. The molecule has 0 radical (unpaired) electrons. The SMILES string of the molecule is Cc1ncc(NCC2CC2(C)C)nc1C. The van der Waals surface area contributed by atoms with E-state index in [9.17, 15) is 0 Å². The normalized spacial score (nSPS) is 22.5. The van der Waals surface area contributed by atoms with Gasteiger partial charge < -0.3 is 5.32 Å². The zero-order chi connectivity index (χ0) is 11.1. The number of hydrogen-bond acceptors (Lipinski definition) is 3. The molecule has 1 N–H and O–H groups in total. The van der Waals surface area contributed by atoms with Crippen LogP contribution < -0.4 is 5.32 Å². The molecule has 0 spiro atoms. The fourth-order valence-corrected chi connectivity index (χ4v) is 1.78. The molecule has 2 rings (SSSR count). The van der Waals surface area contributed by atoms with Crippen molar-refractivity contribution >= 4 is 5.82 Å². The van der Waals surface area contributed by atoms with Crippen LogP contribution in [0.5, 0.6) is 0 Å². The third-order valence-corrected chi connectivity index (χ3v) is 3.44. The summed E-state index contributed by atoms with van der Waals surface area (Å²) >= 11 is 0. The summed E-state index contributed by atoms with van der Waals surface area (Å²) in [5.74, 6) is 1.70. The lowest BCUT2D eigenvalue weighted by atomic mass is 10.1. The maximum atomic E-state index is 4.45. The predicted octanol–water partition coefficient (Wildman–Crippen LogP) is 2.55. The molecule has 15 heavy (non-hydrogen) atoms. The van der Waals surface area contributed by atoms with E-state index in [0.717, 1.165) is 29.7 Å². The van der Waals surface area contributed by atoms with Crippen molar-refractivity contribution in [3.63, 3.8) is 0 Å². The molecule has 0 amide bonds. The highest BCUT2D eigenvalue weighted by Crippen LogP contribution is 2.51. The lowest BCUT2D eigenvalue weighted by molar-refractivity contribution is 0.572. The highest BCUT2D eigenvalue weighted by atomic mass is 15.0. The minimum atomic E-state index is 0.528. The van der Waals surface area contributed by atoms with E-state index in [1.807, 2.05) is 20.0 Å². The van der Waals surface area contributed by atoms with Crippen molar-refractivity contribution in [2.24, 2.45) is 11.3 Å². The fourth-order valence-electron chi connectivity index (χ4n) is 1.78. The van der Waals surface area contributed by atoms with E-state index in [0.29, 0.717) is 5.41 Å². The smallest absolute Gasteiger partial charge is 0.144 e. The molecule has 1 fully saturated rings. The highest BCUT2D eigenvalue weighted by Gasteiger charge is 2.44. The molecule has 1 aromatic rings. The van der Waals surface area contributed by atoms with Crippen LogP contribution in [0.25, 0.3) is 0 Å². The molecule has 0 aromatic carbocycles. The molecule has 1 aliphatic rings. The molecule has 82 valence electrons. The van der Waals surface area contributed by atoms with Crippen LogP contribution >= 0.6 is 0 Å². The summed E-state index contributed by atoms with van der Waals surface area (Å²) in [7, 11) is 0. The summed E-state index contributed by atoms with van der Waals surface area (Å²) in [4.78, 5) is 8.73. The number of nitrogens with zero attached hydrogens (tertiary/aromatic N) is 2. The van der Waals surface area contributed by atoms with E-state index in [1.165, 1.54) is 6.42 Å². The predicted molar refractivity (Wildman–Crippen MR) is 61.9 cm³/mol. The Bertz CT molecular complexity index is 371. The summed E-state index contributed by atoms with van der Waals surface area (Å²) < 4.78 is 0. The first-order valence-corrected chi connectivity index (χ1v) is 5.53. The average Bonchev–Trinajstić information content (AvgIpc) is 2.77. The number of hydrogen-bond donors (Lipinski definition) is 1. The zero-order valence-corrected chi connectivity index (χ0v) is 9.96. The van der Waals surface area contributed by atoms with Gasteiger partial charge in [0.2, 0.25) is 0 Å². The monoisotopic (exact) mass is 205 g/mol. The van der Waals surface area contributed by atoms with Crippen molar-refractivity contribution in [1.29, 1.82) is 0 Å². The molecule has 0 saturated heterocycles. The van der Waals surface area contributed by atoms with Crippen LogP contribution in [0, 0.1) is 25.2 Å². The van der Waals surface area contributed by atoms with Gasteiger partial charge in [-0.15, -0.1) is 0 Å². The highest BCUT2D eigenvalue weighted by molar-refractivity contribution is 5.33. The first kappa shape index (κ1) is 10.4.